The smallest absolute Gasteiger partial charge is 0.163 e. The summed E-state index contributed by atoms with van der Waals surface area (Å²) in [4.78, 5) is 0. The summed E-state index contributed by atoms with van der Waals surface area (Å²) in [5, 5.41) is 0. The van der Waals surface area contributed by atoms with Crippen LogP contribution in [0.1, 0.15) is 6.92 Å². The number of hydrogen-bond donors (Lipinski definition) is 0. The lowest BCUT2D eigenvalue weighted by atomic mass is 10.6. The zero-order valence-electron chi connectivity index (χ0n) is 4.89. The number of ether oxygens (including phenoxy) is 1. The summed E-state index contributed by atoms with van der Waals surface area (Å²) in [6.07, 6.45) is 0.411. The highest BCUT2D eigenvalue weighted by molar-refractivity contribution is 7.24. The lowest BCUT2D eigenvalue weighted by Gasteiger charge is -1.99. The Morgan fingerprint density at radius 1 is 1.88 bits per heavy atom. The molecule has 0 aromatic carbocycles. The first-order valence-corrected chi connectivity index (χ1v) is 3.40. The third-order valence-electron chi connectivity index (χ3n) is 0.589. The zero-order chi connectivity index (χ0) is 6.41. The van der Waals surface area contributed by atoms with Crippen LogP contribution in [0.5, 0.6) is 0 Å². The van der Waals surface area contributed by atoms with Crippen molar-refractivity contribution in [3.63, 3.8) is 0 Å². The van der Waals surface area contributed by atoms with Crippen molar-refractivity contribution in [2.75, 3.05) is 12.8 Å². The minimum Gasteiger partial charge on any atom is -0.498 e. The molecule has 0 radical (unpaired) electrons. The van der Waals surface area contributed by atoms with Crippen LogP contribution < -0.4 is 0 Å². The van der Waals surface area contributed by atoms with Crippen LogP contribution in [-0.4, -0.2) is 12.8 Å². The molecule has 0 fully saturated rings. The average molecular weight is 132 g/mol. The largest absolute Gasteiger partial charge is 0.498 e. The van der Waals surface area contributed by atoms with Crippen molar-refractivity contribution >= 4 is 8.46 Å². The highest BCUT2D eigenvalue weighted by Gasteiger charge is 1.88. The fourth-order valence-corrected chi connectivity index (χ4v) is 0.557. The van der Waals surface area contributed by atoms with Gasteiger partial charge in [-0.3, -0.25) is 4.57 Å². The second kappa shape index (κ2) is 4.79. The molecule has 0 spiro atoms. The van der Waals surface area contributed by atoms with Crippen molar-refractivity contribution < 1.29 is 9.30 Å². The summed E-state index contributed by atoms with van der Waals surface area (Å²) in [6.45, 7) is 5.98. The molecule has 8 heavy (non-hydrogen) atoms. The molecule has 0 atom stereocenters. The Morgan fingerprint density at radius 3 is 2.88 bits per heavy atom. The van der Waals surface area contributed by atoms with E-state index in [1.54, 1.807) is 0 Å². The molecule has 0 bridgehead atoms. The average Bonchev–Trinajstić information content (AvgIpc) is 1.68. The van der Waals surface area contributed by atoms with Gasteiger partial charge < -0.3 is 4.74 Å². The van der Waals surface area contributed by atoms with Gasteiger partial charge in [-0.25, -0.2) is 0 Å². The van der Waals surface area contributed by atoms with Crippen LogP contribution in [0, 0.1) is 0 Å². The van der Waals surface area contributed by atoms with Gasteiger partial charge in [0.2, 0.25) is 0 Å². The third-order valence-corrected chi connectivity index (χ3v) is 1.07. The second-order valence-corrected chi connectivity index (χ2v) is 1.83. The van der Waals surface area contributed by atoms with Crippen molar-refractivity contribution in [1.29, 1.82) is 0 Å². The normalized spacial score (nSPS) is 9.12. The predicted octanol–water partition coefficient (Wildman–Crippen LogP) is 1.83. The minimum atomic E-state index is 0.0743. The molecule has 2 nitrogen and oxygen atoms in total. The van der Waals surface area contributed by atoms with Gasteiger partial charge in [0.05, 0.1) is 12.8 Å². The molecular formula is C5H9O2P. The van der Waals surface area contributed by atoms with E-state index in [1.165, 1.54) is 0 Å². The van der Waals surface area contributed by atoms with Gasteiger partial charge >= 0.3 is 0 Å². The molecular weight excluding hydrogens is 123 g/mol. The zero-order valence-corrected chi connectivity index (χ0v) is 5.78. The van der Waals surface area contributed by atoms with Crippen LogP contribution in [0.15, 0.2) is 12.3 Å². The van der Waals surface area contributed by atoms with E-state index in [2.05, 4.69) is 6.58 Å². The molecule has 0 aliphatic carbocycles. The first-order chi connectivity index (χ1) is 3.81. The molecule has 0 aromatic heterocycles. The van der Waals surface area contributed by atoms with Gasteiger partial charge in [-0.2, -0.15) is 0 Å². The first kappa shape index (κ1) is 7.64. The summed E-state index contributed by atoms with van der Waals surface area (Å²) >= 11 is 0. The molecule has 0 aliphatic rings. The number of allylic oxidation sites excluding steroid dienone is 1. The Morgan fingerprint density at radius 2 is 2.50 bits per heavy atom. The minimum absolute atomic E-state index is 0.0743. The van der Waals surface area contributed by atoms with Crippen molar-refractivity contribution in [1.82, 2.24) is 0 Å². The van der Waals surface area contributed by atoms with Crippen molar-refractivity contribution in [2.45, 2.75) is 6.92 Å². The van der Waals surface area contributed by atoms with Crippen LogP contribution in [0.4, 0.5) is 0 Å². The summed E-state index contributed by atoms with van der Waals surface area (Å²) < 4.78 is 14.7. The van der Waals surface area contributed by atoms with Crippen LogP contribution in [0.25, 0.3) is 0 Å². The van der Waals surface area contributed by atoms with Crippen LogP contribution in [-0.2, 0) is 9.30 Å². The molecule has 0 rings (SSSR count). The fourth-order valence-electron chi connectivity index (χ4n) is 0.322. The molecule has 3 heteroatoms. The van der Waals surface area contributed by atoms with E-state index in [-0.39, 0.29) is 8.46 Å². The maximum absolute atomic E-state index is 9.85. The molecule has 0 amide bonds. The Labute approximate surface area is 50.7 Å². The van der Waals surface area contributed by atoms with Crippen LogP contribution in [0.3, 0.4) is 0 Å². The standard InChI is InChI=1S/C5H9O2P/c1-3-7-5(2)4-8-6/h2-4H2,1H3. The summed E-state index contributed by atoms with van der Waals surface area (Å²) in [7, 11) is 0.0743. The molecule has 0 unspecified atom stereocenters. The second-order valence-electron chi connectivity index (χ2n) is 1.26. The Balaban J connectivity index is 3.18. The van der Waals surface area contributed by atoms with Gasteiger partial charge in [-0.1, -0.05) is 6.58 Å². The van der Waals surface area contributed by atoms with Crippen molar-refractivity contribution in [2.24, 2.45) is 0 Å². The van der Waals surface area contributed by atoms with E-state index in [0.29, 0.717) is 18.5 Å². The van der Waals surface area contributed by atoms with E-state index in [0.717, 1.165) is 0 Å². The topological polar surface area (TPSA) is 26.3 Å². The molecule has 46 valence electrons. The van der Waals surface area contributed by atoms with Gasteiger partial charge in [0, 0.05) is 0 Å². The lowest BCUT2D eigenvalue weighted by molar-refractivity contribution is 0.234. The van der Waals surface area contributed by atoms with E-state index in [4.69, 9.17) is 4.74 Å². The Hall–Kier alpha value is -0.360. The van der Waals surface area contributed by atoms with Crippen LogP contribution in [0.2, 0.25) is 0 Å². The number of rotatable bonds is 4. The van der Waals surface area contributed by atoms with E-state index in [9.17, 15) is 4.57 Å². The SMILES string of the molecule is C=C(CP=O)OCC. The summed E-state index contributed by atoms with van der Waals surface area (Å²) in [5.41, 5.74) is 0. The van der Waals surface area contributed by atoms with Crippen molar-refractivity contribution in [3.05, 3.63) is 12.3 Å². The van der Waals surface area contributed by atoms with Crippen molar-refractivity contribution in [3.8, 4) is 0 Å². The van der Waals surface area contributed by atoms with Crippen LogP contribution >= 0.6 is 8.46 Å². The maximum Gasteiger partial charge on any atom is 0.163 e. The van der Waals surface area contributed by atoms with Gasteiger partial charge in [0.15, 0.2) is 8.46 Å². The van der Waals surface area contributed by atoms with Gasteiger partial charge in [-0.05, 0) is 6.92 Å². The molecule has 0 saturated carbocycles. The van der Waals surface area contributed by atoms with Gasteiger partial charge in [0.1, 0.15) is 5.76 Å². The monoisotopic (exact) mass is 132 g/mol. The Kier molecular flexibility index (Phi) is 4.58. The molecule has 0 aromatic rings. The summed E-state index contributed by atoms with van der Waals surface area (Å²) in [5.74, 6) is 0.587. The lowest BCUT2D eigenvalue weighted by Crippen LogP contribution is -1.89. The molecule has 0 aliphatic heterocycles. The van der Waals surface area contributed by atoms with Gasteiger partial charge in [0.25, 0.3) is 0 Å². The maximum atomic E-state index is 9.85. The molecule has 0 heterocycles. The third kappa shape index (κ3) is 3.82. The highest BCUT2D eigenvalue weighted by atomic mass is 31.1. The first-order valence-electron chi connectivity index (χ1n) is 2.41. The van der Waals surface area contributed by atoms with E-state index >= 15 is 0 Å². The molecule has 0 saturated heterocycles. The van der Waals surface area contributed by atoms with Gasteiger partial charge in [-0.15, -0.1) is 0 Å². The summed E-state index contributed by atoms with van der Waals surface area (Å²) in [6, 6.07) is 0. The Bertz CT molecular complexity index is 90.4. The van der Waals surface area contributed by atoms with E-state index in [1.807, 2.05) is 6.92 Å². The number of hydrogen-bond acceptors (Lipinski definition) is 2. The predicted molar refractivity (Wildman–Crippen MR) is 33.2 cm³/mol. The van der Waals surface area contributed by atoms with E-state index < -0.39 is 0 Å². The quantitative estimate of drug-likeness (QED) is 0.430. The molecule has 0 N–H and O–H groups in total. The highest BCUT2D eigenvalue weighted by Crippen LogP contribution is 2.01. The fraction of sp³-hybridized carbons (Fsp3) is 0.600.